The molecule has 0 bridgehead atoms. The second kappa shape index (κ2) is 7.30. The Labute approximate surface area is 140 Å². The molecule has 6 heteroatoms. The van der Waals surface area contributed by atoms with E-state index in [0.29, 0.717) is 15.9 Å². The van der Waals surface area contributed by atoms with Crippen LogP contribution in [0.5, 0.6) is 0 Å². The SMILES string of the molecule is O=C(NC1CCN([C@H]2CCCC[C@H]2O)CC1)c1csc(Cl)c1. The van der Waals surface area contributed by atoms with Crippen LogP contribution >= 0.6 is 22.9 Å². The molecule has 1 saturated carbocycles. The Kier molecular flexibility index (Phi) is 5.39. The third kappa shape index (κ3) is 3.82. The summed E-state index contributed by atoms with van der Waals surface area (Å²) >= 11 is 7.26. The lowest BCUT2D eigenvalue weighted by molar-refractivity contribution is 0.00728. The molecular weight excluding hydrogens is 320 g/mol. The van der Waals surface area contributed by atoms with Gasteiger partial charge < -0.3 is 10.4 Å². The molecule has 2 atom stereocenters. The number of aliphatic hydroxyl groups is 1. The van der Waals surface area contributed by atoms with Crippen LogP contribution in [0.1, 0.15) is 48.9 Å². The number of carbonyl (C=O) groups excluding carboxylic acids is 1. The number of amides is 1. The van der Waals surface area contributed by atoms with Crippen LogP contribution in [0.25, 0.3) is 0 Å². The maximum absolute atomic E-state index is 12.1. The van der Waals surface area contributed by atoms with Gasteiger partial charge in [0.25, 0.3) is 5.91 Å². The van der Waals surface area contributed by atoms with Crippen molar-refractivity contribution in [2.24, 2.45) is 0 Å². The van der Waals surface area contributed by atoms with E-state index in [1.54, 1.807) is 11.4 Å². The van der Waals surface area contributed by atoms with Crippen molar-refractivity contribution in [1.82, 2.24) is 10.2 Å². The Morgan fingerprint density at radius 1 is 1.27 bits per heavy atom. The van der Waals surface area contributed by atoms with Crippen LogP contribution in [-0.2, 0) is 0 Å². The first-order valence-electron chi connectivity index (χ1n) is 8.10. The van der Waals surface area contributed by atoms with E-state index in [1.165, 1.54) is 17.8 Å². The molecule has 0 aromatic carbocycles. The molecule has 122 valence electrons. The smallest absolute Gasteiger partial charge is 0.252 e. The summed E-state index contributed by atoms with van der Waals surface area (Å²) in [5.74, 6) is -0.0284. The standard InChI is InChI=1S/C16H23ClN2O2S/c17-15-9-11(10-22-15)16(21)18-12-5-7-19(8-6-12)13-3-1-2-4-14(13)20/h9-10,12-14,20H,1-8H2,(H,18,21)/t13-,14+/m0/s1. The Hall–Kier alpha value is -0.620. The van der Waals surface area contributed by atoms with Crippen LogP contribution < -0.4 is 5.32 Å². The highest BCUT2D eigenvalue weighted by molar-refractivity contribution is 7.14. The summed E-state index contributed by atoms with van der Waals surface area (Å²) in [6.45, 7) is 1.91. The fourth-order valence-corrected chi connectivity index (χ4v) is 4.45. The molecule has 22 heavy (non-hydrogen) atoms. The van der Waals surface area contributed by atoms with Crippen LogP contribution in [-0.4, -0.2) is 47.2 Å². The third-order valence-electron chi connectivity index (χ3n) is 4.86. The lowest BCUT2D eigenvalue weighted by atomic mass is 9.89. The van der Waals surface area contributed by atoms with Crippen molar-refractivity contribution in [2.45, 2.75) is 56.7 Å². The topological polar surface area (TPSA) is 52.6 Å². The number of aliphatic hydroxyl groups excluding tert-OH is 1. The highest BCUT2D eigenvalue weighted by Crippen LogP contribution is 2.26. The normalized spacial score (nSPS) is 27.7. The summed E-state index contributed by atoms with van der Waals surface area (Å²) < 4.78 is 0.645. The average Bonchev–Trinajstić information content (AvgIpc) is 2.95. The molecular formula is C16H23ClN2O2S. The summed E-state index contributed by atoms with van der Waals surface area (Å²) in [6.07, 6.45) is 6.13. The minimum atomic E-state index is -0.173. The molecule has 2 fully saturated rings. The van der Waals surface area contributed by atoms with E-state index in [2.05, 4.69) is 10.2 Å². The number of thiophene rings is 1. The van der Waals surface area contributed by atoms with Crippen molar-refractivity contribution in [3.63, 3.8) is 0 Å². The zero-order valence-corrected chi connectivity index (χ0v) is 14.2. The molecule has 2 aliphatic rings. The van der Waals surface area contributed by atoms with Crippen LogP contribution in [0, 0.1) is 0 Å². The Morgan fingerprint density at radius 2 is 2.00 bits per heavy atom. The van der Waals surface area contributed by atoms with Gasteiger partial charge in [-0.05, 0) is 31.7 Å². The van der Waals surface area contributed by atoms with Gasteiger partial charge in [0, 0.05) is 30.6 Å². The Balaban J connectivity index is 1.48. The van der Waals surface area contributed by atoms with Gasteiger partial charge in [0.2, 0.25) is 0 Å². The molecule has 1 aliphatic carbocycles. The quantitative estimate of drug-likeness (QED) is 0.888. The molecule has 0 radical (unpaired) electrons. The van der Waals surface area contributed by atoms with Crippen molar-refractivity contribution < 1.29 is 9.90 Å². The average molecular weight is 343 g/mol. The molecule has 1 aromatic rings. The van der Waals surface area contributed by atoms with Crippen LogP contribution in [0.15, 0.2) is 11.4 Å². The second-order valence-corrected chi connectivity index (χ2v) is 7.88. The van der Waals surface area contributed by atoms with E-state index in [0.717, 1.165) is 45.2 Å². The van der Waals surface area contributed by atoms with Gasteiger partial charge in [-0.2, -0.15) is 0 Å². The minimum Gasteiger partial charge on any atom is -0.391 e. The fraction of sp³-hybridized carbons (Fsp3) is 0.688. The van der Waals surface area contributed by atoms with E-state index in [9.17, 15) is 9.90 Å². The molecule has 3 rings (SSSR count). The van der Waals surface area contributed by atoms with Crippen LogP contribution in [0.3, 0.4) is 0 Å². The molecule has 1 amide bonds. The largest absolute Gasteiger partial charge is 0.391 e. The summed E-state index contributed by atoms with van der Waals surface area (Å²) in [4.78, 5) is 14.6. The number of nitrogens with zero attached hydrogens (tertiary/aromatic N) is 1. The molecule has 1 saturated heterocycles. The molecule has 0 spiro atoms. The third-order valence-corrected chi connectivity index (χ3v) is 5.95. The van der Waals surface area contributed by atoms with Crippen molar-refractivity contribution in [3.8, 4) is 0 Å². The van der Waals surface area contributed by atoms with Crippen molar-refractivity contribution in [1.29, 1.82) is 0 Å². The summed E-state index contributed by atoms with van der Waals surface area (Å²) in [5.41, 5.74) is 0.653. The van der Waals surface area contributed by atoms with Crippen molar-refractivity contribution in [3.05, 3.63) is 21.3 Å². The number of nitrogens with one attached hydrogen (secondary N) is 1. The van der Waals surface area contributed by atoms with E-state index in [4.69, 9.17) is 11.6 Å². The van der Waals surface area contributed by atoms with Gasteiger partial charge in [-0.25, -0.2) is 0 Å². The number of hydrogen-bond donors (Lipinski definition) is 2. The van der Waals surface area contributed by atoms with Crippen LogP contribution in [0.2, 0.25) is 4.34 Å². The van der Waals surface area contributed by atoms with E-state index in [1.807, 2.05) is 0 Å². The predicted octanol–water partition coefficient (Wildman–Crippen LogP) is 2.90. The number of halogens is 1. The lowest BCUT2D eigenvalue weighted by Crippen LogP contribution is -2.52. The van der Waals surface area contributed by atoms with E-state index in [-0.39, 0.29) is 18.1 Å². The number of hydrogen-bond acceptors (Lipinski definition) is 4. The van der Waals surface area contributed by atoms with Gasteiger partial charge in [-0.15, -0.1) is 11.3 Å². The van der Waals surface area contributed by atoms with Gasteiger partial charge in [0.05, 0.1) is 16.0 Å². The van der Waals surface area contributed by atoms with Crippen molar-refractivity contribution >= 4 is 28.8 Å². The highest BCUT2D eigenvalue weighted by Gasteiger charge is 2.31. The van der Waals surface area contributed by atoms with E-state index >= 15 is 0 Å². The molecule has 4 nitrogen and oxygen atoms in total. The maximum atomic E-state index is 12.1. The van der Waals surface area contributed by atoms with Gasteiger partial charge in [-0.1, -0.05) is 24.4 Å². The monoisotopic (exact) mass is 342 g/mol. The number of carbonyl (C=O) groups is 1. The number of likely N-dealkylation sites (tertiary alicyclic amines) is 1. The van der Waals surface area contributed by atoms with Gasteiger partial charge >= 0.3 is 0 Å². The van der Waals surface area contributed by atoms with Crippen molar-refractivity contribution in [2.75, 3.05) is 13.1 Å². The Bertz CT molecular complexity index is 514. The number of rotatable bonds is 3. The zero-order valence-electron chi connectivity index (χ0n) is 12.6. The first-order valence-corrected chi connectivity index (χ1v) is 9.36. The molecule has 0 unspecified atom stereocenters. The fourth-order valence-electron chi connectivity index (χ4n) is 3.59. The van der Waals surface area contributed by atoms with Gasteiger partial charge in [-0.3, -0.25) is 9.69 Å². The molecule has 1 aromatic heterocycles. The van der Waals surface area contributed by atoms with Gasteiger partial charge in [0.15, 0.2) is 0 Å². The summed E-state index contributed by atoms with van der Waals surface area (Å²) in [6, 6.07) is 2.26. The minimum absolute atomic E-state index is 0.0284. The summed E-state index contributed by atoms with van der Waals surface area (Å²) in [7, 11) is 0. The molecule has 1 aliphatic heterocycles. The summed E-state index contributed by atoms with van der Waals surface area (Å²) in [5, 5.41) is 15.1. The van der Waals surface area contributed by atoms with Crippen LogP contribution in [0.4, 0.5) is 0 Å². The first-order chi connectivity index (χ1) is 10.6. The van der Waals surface area contributed by atoms with Gasteiger partial charge in [0.1, 0.15) is 0 Å². The lowest BCUT2D eigenvalue weighted by Gasteiger charge is -2.41. The second-order valence-electron chi connectivity index (χ2n) is 6.34. The Morgan fingerprint density at radius 3 is 2.64 bits per heavy atom. The van der Waals surface area contributed by atoms with E-state index < -0.39 is 0 Å². The highest BCUT2D eigenvalue weighted by atomic mass is 35.5. The zero-order chi connectivity index (χ0) is 15.5. The molecule has 2 heterocycles. The number of piperidine rings is 1. The first kappa shape index (κ1) is 16.2. The molecule has 2 N–H and O–H groups in total. The predicted molar refractivity (Wildman–Crippen MR) is 89.7 cm³/mol. The maximum Gasteiger partial charge on any atom is 0.252 e.